The van der Waals surface area contributed by atoms with Crippen LogP contribution in [0.3, 0.4) is 0 Å². The summed E-state index contributed by atoms with van der Waals surface area (Å²) in [6.45, 7) is 2.74. The number of carbonyl (C=O) groups is 2. The molecule has 4 N–H and O–H groups in total. The molecule has 0 radical (unpaired) electrons. The third kappa shape index (κ3) is 3.85. The molecule has 5 nitrogen and oxygen atoms in total. The third-order valence-corrected chi connectivity index (χ3v) is 2.62. The van der Waals surface area contributed by atoms with Gasteiger partial charge in [0.15, 0.2) is 0 Å². The molecule has 0 spiro atoms. The quantitative estimate of drug-likeness (QED) is 0.751. The number of benzene rings is 1. The number of nitrogens with two attached hydrogens (primary N) is 2. The molecule has 5 heteroatoms. The van der Waals surface area contributed by atoms with Gasteiger partial charge in [0.25, 0.3) is 5.91 Å². The average molecular weight is 249 g/mol. The second-order valence-corrected chi connectivity index (χ2v) is 4.02. The van der Waals surface area contributed by atoms with Crippen molar-refractivity contribution in [2.45, 2.75) is 13.3 Å². The van der Waals surface area contributed by atoms with Crippen LogP contribution < -0.4 is 11.5 Å². The molecule has 0 saturated carbocycles. The second kappa shape index (κ2) is 6.76. The molecule has 98 valence electrons. The molecule has 0 aromatic heterocycles. The molecule has 0 aliphatic rings. The highest BCUT2D eigenvalue weighted by atomic mass is 16.2. The van der Waals surface area contributed by atoms with Crippen LogP contribution in [0.2, 0.25) is 0 Å². The maximum absolute atomic E-state index is 12.2. The Morgan fingerprint density at radius 2 is 2.06 bits per heavy atom. The van der Waals surface area contributed by atoms with Crippen LogP contribution in [0.15, 0.2) is 24.3 Å². The summed E-state index contributed by atoms with van der Waals surface area (Å²) in [5.74, 6) is -0.696. The van der Waals surface area contributed by atoms with Gasteiger partial charge in [0.05, 0.1) is 6.54 Å². The Kier molecular flexibility index (Phi) is 5.32. The van der Waals surface area contributed by atoms with Gasteiger partial charge < -0.3 is 16.4 Å². The number of hydrogen-bond donors (Lipinski definition) is 2. The fraction of sp³-hybridized carbons (Fsp3) is 0.385. The van der Waals surface area contributed by atoms with E-state index in [0.717, 1.165) is 12.0 Å². The van der Waals surface area contributed by atoms with E-state index in [4.69, 9.17) is 11.5 Å². The molecule has 18 heavy (non-hydrogen) atoms. The zero-order valence-corrected chi connectivity index (χ0v) is 10.6. The minimum absolute atomic E-state index is 0.0591. The molecule has 0 heterocycles. The zero-order valence-electron chi connectivity index (χ0n) is 10.6. The van der Waals surface area contributed by atoms with E-state index in [1.54, 1.807) is 12.1 Å². The molecule has 0 saturated heterocycles. The summed E-state index contributed by atoms with van der Waals surface area (Å²) < 4.78 is 0. The number of nitrogens with zero attached hydrogens (tertiary/aromatic N) is 1. The van der Waals surface area contributed by atoms with Gasteiger partial charge in [-0.05, 0) is 37.6 Å². The fourth-order valence-electron chi connectivity index (χ4n) is 1.72. The van der Waals surface area contributed by atoms with E-state index in [0.29, 0.717) is 18.7 Å². The monoisotopic (exact) mass is 249 g/mol. The van der Waals surface area contributed by atoms with Crippen LogP contribution in [0.5, 0.6) is 0 Å². The van der Waals surface area contributed by atoms with Crippen molar-refractivity contribution < 1.29 is 9.59 Å². The average Bonchev–Trinajstić information content (AvgIpc) is 2.35. The Hall–Kier alpha value is -1.88. The van der Waals surface area contributed by atoms with Crippen LogP contribution in [0, 0.1) is 0 Å². The normalized spacial score (nSPS) is 10.1. The number of hydrogen-bond acceptors (Lipinski definition) is 3. The summed E-state index contributed by atoms with van der Waals surface area (Å²) in [5.41, 5.74) is 12.2. The number of likely N-dealkylation sites (N-methyl/N-ethyl adjacent to an activating group) is 1. The molecular weight excluding hydrogens is 230 g/mol. The molecule has 1 aromatic rings. The van der Waals surface area contributed by atoms with Crippen molar-refractivity contribution in [1.29, 1.82) is 0 Å². The Morgan fingerprint density at radius 1 is 1.33 bits per heavy atom. The smallest absolute Gasteiger partial charge is 0.254 e. The largest absolute Gasteiger partial charge is 0.368 e. The maximum atomic E-state index is 12.2. The Balaban J connectivity index is 2.87. The third-order valence-electron chi connectivity index (χ3n) is 2.62. The van der Waals surface area contributed by atoms with E-state index in [1.807, 2.05) is 19.1 Å². The molecule has 2 amide bonds. The molecule has 0 bridgehead atoms. The van der Waals surface area contributed by atoms with Gasteiger partial charge in [-0.15, -0.1) is 0 Å². The van der Waals surface area contributed by atoms with Crippen molar-refractivity contribution in [2.75, 3.05) is 19.6 Å². The first-order valence-corrected chi connectivity index (χ1v) is 5.95. The van der Waals surface area contributed by atoms with Crippen LogP contribution in [0.1, 0.15) is 22.8 Å². The van der Waals surface area contributed by atoms with Gasteiger partial charge in [-0.3, -0.25) is 9.59 Å². The lowest BCUT2D eigenvalue weighted by Gasteiger charge is -2.19. The number of primary amides is 1. The Bertz CT molecular complexity index is 432. The lowest BCUT2D eigenvalue weighted by atomic mass is 10.1. The van der Waals surface area contributed by atoms with Gasteiger partial charge in [0.1, 0.15) is 0 Å². The van der Waals surface area contributed by atoms with E-state index in [-0.39, 0.29) is 12.5 Å². The van der Waals surface area contributed by atoms with E-state index >= 15 is 0 Å². The molecule has 0 fully saturated rings. The van der Waals surface area contributed by atoms with Crippen molar-refractivity contribution in [3.05, 3.63) is 35.4 Å². The molecular formula is C13H19N3O2. The lowest BCUT2D eigenvalue weighted by Crippen LogP contribution is -2.38. The van der Waals surface area contributed by atoms with E-state index in [1.165, 1.54) is 4.90 Å². The SMILES string of the molecule is CCN(CC(N)=O)C(=O)c1cccc(CCN)c1. The predicted octanol–water partition coefficient (Wildman–Crippen LogP) is 0.135. The lowest BCUT2D eigenvalue weighted by molar-refractivity contribution is -0.118. The summed E-state index contributed by atoms with van der Waals surface area (Å²) in [6, 6.07) is 7.27. The molecule has 0 unspecified atom stereocenters. The molecule has 0 aliphatic carbocycles. The van der Waals surface area contributed by atoms with E-state index in [9.17, 15) is 9.59 Å². The highest BCUT2D eigenvalue weighted by Crippen LogP contribution is 2.09. The van der Waals surface area contributed by atoms with Crippen molar-refractivity contribution in [3.8, 4) is 0 Å². The fourth-order valence-corrected chi connectivity index (χ4v) is 1.72. The van der Waals surface area contributed by atoms with Crippen LogP contribution in [-0.4, -0.2) is 36.3 Å². The van der Waals surface area contributed by atoms with Crippen molar-refractivity contribution in [1.82, 2.24) is 4.90 Å². The van der Waals surface area contributed by atoms with Crippen molar-refractivity contribution >= 4 is 11.8 Å². The highest BCUT2D eigenvalue weighted by molar-refractivity contribution is 5.96. The molecule has 1 rings (SSSR count). The summed E-state index contributed by atoms with van der Waals surface area (Å²) in [6.07, 6.45) is 0.725. The summed E-state index contributed by atoms with van der Waals surface area (Å²) in [5, 5.41) is 0. The first-order chi connectivity index (χ1) is 8.58. The first kappa shape index (κ1) is 14.2. The molecule has 1 aromatic carbocycles. The minimum atomic E-state index is -0.511. The standard InChI is InChI=1S/C13H19N3O2/c1-2-16(9-12(15)17)13(18)11-5-3-4-10(8-11)6-7-14/h3-5,8H,2,6-7,9,14H2,1H3,(H2,15,17). The van der Waals surface area contributed by atoms with Gasteiger partial charge in [-0.2, -0.15) is 0 Å². The summed E-state index contributed by atoms with van der Waals surface area (Å²) >= 11 is 0. The van der Waals surface area contributed by atoms with Gasteiger partial charge in [-0.1, -0.05) is 12.1 Å². The number of amides is 2. The summed E-state index contributed by atoms with van der Waals surface area (Å²) in [7, 11) is 0. The number of rotatable bonds is 6. The second-order valence-electron chi connectivity index (χ2n) is 4.02. The van der Waals surface area contributed by atoms with Crippen molar-refractivity contribution in [3.63, 3.8) is 0 Å². The minimum Gasteiger partial charge on any atom is -0.368 e. The molecule has 0 aliphatic heterocycles. The van der Waals surface area contributed by atoms with Crippen LogP contribution >= 0.6 is 0 Å². The van der Waals surface area contributed by atoms with Crippen molar-refractivity contribution in [2.24, 2.45) is 11.5 Å². The highest BCUT2D eigenvalue weighted by Gasteiger charge is 2.15. The summed E-state index contributed by atoms with van der Waals surface area (Å²) in [4.78, 5) is 24.5. The van der Waals surface area contributed by atoms with E-state index in [2.05, 4.69) is 0 Å². The molecule has 0 atom stereocenters. The topological polar surface area (TPSA) is 89.4 Å². The van der Waals surface area contributed by atoms with Crippen LogP contribution in [-0.2, 0) is 11.2 Å². The predicted molar refractivity (Wildman–Crippen MR) is 70.0 cm³/mol. The van der Waals surface area contributed by atoms with Gasteiger partial charge in [-0.25, -0.2) is 0 Å². The van der Waals surface area contributed by atoms with Gasteiger partial charge in [0.2, 0.25) is 5.91 Å². The van der Waals surface area contributed by atoms with Gasteiger partial charge >= 0.3 is 0 Å². The van der Waals surface area contributed by atoms with Crippen LogP contribution in [0.25, 0.3) is 0 Å². The van der Waals surface area contributed by atoms with E-state index < -0.39 is 5.91 Å². The van der Waals surface area contributed by atoms with Crippen LogP contribution in [0.4, 0.5) is 0 Å². The first-order valence-electron chi connectivity index (χ1n) is 5.95. The number of carbonyl (C=O) groups excluding carboxylic acids is 2. The van der Waals surface area contributed by atoms with Gasteiger partial charge in [0, 0.05) is 12.1 Å². The maximum Gasteiger partial charge on any atom is 0.254 e. The Morgan fingerprint density at radius 3 is 2.61 bits per heavy atom. The Labute approximate surface area is 107 Å². The zero-order chi connectivity index (χ0) is 13.5.